The summed E-state index contributed by atoms with van der Waals surface area (Å²) >= 11 is 0. The number of pyridine rings is 1. The number of aromatic amines is 1. The van der Waals surface area contributed by atoms with Crippen LogP contribution < -0.4 is 11.1 Å². The van der Waals surface area contributed by atoms with Gasteiger partial charge in [0.25, 0.3) is 0 Å². The molecule has 0 atom stereocenters. The van der Waals surface area contributed by atoms with Crippen LogP contribution in [0.15, 0.2) is 48.7 Å². The fourth-order valence-corrected chi connectivity index (χ4v) is 3.91. The number of fused-ring (bicyclic) bond motifs is 1. The van der Waals surface area contributed by atoms with Crippen LogP contribution in [0.3, 0.4) is 0 Å². The third-order valence-electron chi connectivity index (χ3n) is 5.73. The molecule has 3 heterocycles. The second-order valence-corrected chi connectivity index (χ2v) is 7.49. The van der Waals surface area contributed by atoms with E-state index in [4.69, 9.17) is 5.73 Å². The quantitative estimate of drug-likeness (QED) is 0.481. The van der Waals surface area contributed by atoms with Gasteiger partial charge in [0.2, 0.25) is 0 Å². The number of nitrogens with one attached hydrogen (secondary N) is 2. The van der Waals surface area contributed by atoms with Crippen molar-refractivity contribution in [3.8, 4) is 11.3 Å². The van der Waals surface area contributed by atoms with Gasteiger partial charge in [-0.3, -0.25) is 10.1 Å². The fraction of sp³-hybridized carbons (Fsp3) is 0.238. The van der Waals surface area contributed by atoms with E-state index in [1.807, 2.05) is 30.3 Å². The monoisotopic (exact) mass is 389 g/mol. The van der Waals surface area contributed by atoms with Gasteiger partial charge in [0.05, 0.1) is 16.9 Å². The minimum Gasteiger partial charge on any atom is -0.382 e. The lowest BCUT2D eigenvalue weighted by Crippen LogP contribution is -2.42. The number of hydrogen-bond donors (Lipinski definition) is 3. The smallest absolute Gasteiger partial charge is 0.153 e. The van der Waals surface area contributed by atoms with Crippen molar-refractivity contribution in [1.82, 2.24) is 25.4 Å². The molecule has 146 valence electrons. The molecule has 0 aliphatic heterocycles. The van der Waals surface area contributed by atoms with E-state index in [0.717, 1.165) is 41.4 Å². The number of hydrogen-bond acceptors (Lipinski definition) is 6. The van der Waals surface area contributed by atoms with Crippen molar-refractivity contribution < 1.29 is 4.39 Å². The second-order valence-electron chi connectivity index (χ2n) is 7.49. The van der Waals surface area contributed by atoms with Crippen LogP contribution in [-0.2, 0) is 5.41 Å². The molecule has 5 rings (SSSR count). The van der Waals surface area contributed by atoms with E-state index in [0.29, 0.717) is 23.9 Å². The first-order chi connectivity index (χ1) is 14.1. The topological polar surface area (TPSA) is 105 Å². The highest BCUT2D eigenvalue weighted by molar-refractivity contribution is 5.91. The molecule has 0 bridgehead atoms. The van der Waals surface area contributed by atoms with Crippen LogP contribution in [0.25, 0.3) is 22.2 Å². The summed E-state index contributed by atoms with van der Waals surface area (Å²) in [5.41, 5.74) is 8.67. The molecule has 0 saturated heterocycles. The molecule has 1 aromatic carbocycles. The summed E-state index contributed by atoms with van der Waals surface area (Å²) in [6, 6.07) is 12.7. The molecule has 3 aromatic heterocycles. The number of nitrogens with zero attached hydrogens (tertiary/aromatic N) is 4. The maximum absolute atomic E-state index is 14.3. The zero-order valence-corrected chi connectivity index (χ0v) is 15.7. The van der Waals surface area contributed by atoms with Gasteiger partial charge in [-0.05, 0) is 49.2 Å². The van der Waals surface area contributed by atoms with Crippen molar-refractivity contribution in [2.75, 3.05) is 17.6 Å². The molecule has 1 aliphatic rings. The summed E-state index contributed by atoms with van der Waals surface area (Å²) in [4.78, 5) is 4.30. The van der Waals surface area contributed by atoms with Crippen LogP contribution in [0.1, 0.15) is 25.0 Å². The van der Waals surface area contributed by atoms with Gasteiger partial charge < -0.3 is 11.1 Å². The Morgan fingerprint density at radius 2 is 2.03 bits per heavy atom. The number of H-pyrrole nitrogens is 1. The Balaban J connectivity index is 1.34. The molecule has 4 aromatic rings. The molecule has 8 heteroatoms. The number of rotatable bonds is 5. The highest BCUT2D eigenvalue weighted by Crippen LogP contribution is 2.43. The molecule has 0 spiro atoms. The zero-order valence-electron chi connectivity index (χ0n) is 15.7. The van der Waals surface area contributed by atoms with Crippen molar-refractivity contribution in [2.24, 2.45) is 0 Å². The van der Waals surface area contributed by atoms with Crippen LogP contribution in [0.5, 0.6) is 0 Å². The van der Waals surface area contributed by atoms with Crippen molar-refractivity contribution >= 4 is 22.5 Å². The first-order valence-electron chi connectivity index (χ1n) is 9.57. The van der Waals surface area contributed by atoms with Crippen molar-refractivity contribution in [1.29, 1.82) is 0 Å². The van der Waals surface area contributed by atoms with E-state index < -0.39 is 0 Å². The Labute approximate surface area is 166 Å². The van der Waals surface area contributed by atoms with Gasteiger partial charge in [0.1, 0.15) is 11.6 Å². The molecule has 29 heavy (non-hydrogen) atoms. The van der Waals surface area contributed by atoms with Crippen molar-refractivity contribution in [2.45, 2.75) is 24.7 Å². The van der Waals surface area contributed by atoms with E-state index in [1.54, 1.807) is 12.3 Å². The molecule has 1 fully saturated rings. The fourth-order valence-electron chi connectivity index (χ4n) is 3.91. The molecule has 7 nitrogen and oxygen atoms in total. The Morgan fingerprint density at radius 3 is 2.76 bits per heavy atom. The second kappa shape index (κ2) is 6.80. The third kappa shape index (κ3) is 3.06. The Kier molecular flexibility index (Phi) is 4.12. The number of nitrogens with two attached hydrogens (primary N) is 1. The highest BCUT2D eigenvalue weighted by Gasteiger charge is 2.41. The minimum atomic E-state index is -0.282. The summed E-state index contributed by atoms with van der Waals surface area (Å²) in [6.07, 6.45) is 4.54. The summed E-state index contributed by atoms with van der Waals surface area (Å²) in [5, 5.41) is 19.7. The van der Waals surface area contributed by atoms with Crippen LogP contribution in [0, 0.1) is 5.82 Å². The lowest BCUT2D eigenvalue weighted by molar-refractivity contribution is 0.243. The van der Waals surface area contributed by atoms with Crippen LogP contribution in [0.2, 0.25) is 0 Å². The summed E-state index contributed by atoms with van der Waals surface area (Å²) in [7, 11) is 0. The average Bonchev–Trinajstić information content (AvgIpc) is 3.09. The molecule has 0 amide bonds. The molecule has 0 radical (unpaired) electrons. The third-order valence-corrected chi connectivity index (χ3v) is 5.73. The van der Waals surface area contributed by atoms with E-state index in [2.05, 4.69) is 30.7 Å². The van der Waals surface area contributed by atoms with Gasteiger partial charge in [-0.2, -0.15) is 5.10 Å². The van der Waals surface area contributed by atoms with Gasteiger partial charge in [-0.25, -0.2) is 4.39 Å². The Hall–Kier alpha value is -3.55. The molecule has 0 unspecified atom stereocenters. The van der Waals surface area contributed by atoms with E-state index in [9.17, 15) is 4.39 Å². The number of halogens is 1. The predicted molar refractivity (Wildman–Crippen MR) is 110 cm³/mol. The maximum atomic E-state index is 14.3. The van der Waals surface area contributed by atoms with Gasteiger partial charge in [-0.1, -0.05) is 12.5 Å². The zero-order chi connectivity index (χ0) is 19.8. The van der Waals surface area contributed by atoms with Gasteiger partial charge in [0.15, 0.2) is 5.82 Å². The van der Waals surface area contributed by atoms with Gasteiger partial charge in [-0.15, -0.1) is 10.2 Å². The largest absolute Gasteiger partial charge is 0.382 e. The molecule has 4 N–H and O–H groups in total. The maximum Gasteiger partial charge on any atom is 0.153 e. The first-order valence-corrected chi connectivity index (χ1v) is 9.57. The number of benzene rings is 1. The van der Waals surface area contributed by atoms with Crippen LogP contribution in [0.4, 0.5) is 16.0 Å². The Bertz CT molecular complexity index is 1170. The summed E-state index contributed by atoms with van der Waals surface area (Å²) in [5.74, 6) is 0.866. The lowest BCUT2D eigenvalue weighted by atomic mass is 9.66. The highest BCUT2D eigenvalue weighted by atomic mass is 19.1. The normalized spacial score (nSPS) is 15.2. The SMILES string of the molecule is Nc1n[nH]c2ccc(-c3ccc(NCC4(c5ncccc5F)CCC4)nn3)cc12. The van der Waals surface area contributed by atoms with Crippen molar-refractivity contribution in [3.63, 3.8) is 0 Å². The van der Waals surface area contributed by atoms with E-state index in [-0.39, 0.29) is 11.2 Å². The first kappa shape index (κ1) is 17.5. The molecular formula is C21H20FN7. The van der Waals surface area contributed by atoms with Crippen molar-refractivity contribution in [3.05, 3.63) is 60.2 Å². The molecular weight excluding hydrogens is 369 g/mol. The number of anilines is 2. The number of nitrogen functional groups attached to an aromatic ring is 1. The van der Waals surface area contributed by atoms with Gasteiger partial charge in [0, 0.05) is 29.1 Å². The summed E-state index contributed by atoms with van der Waals surface area (Å²) < 4.78 is 14.3. The van der Waals surface area contributed by atoms with Gasteiger partial charge >= 0.3 is 0 Å². The predicted octanol–water partition coefficient (Wildman–Crippen LogP) is 3.67. The average molecular weight is 389 g/mol. The Morgan fingerprint density at radius 1 is 1.14 bits per heavy atom. The summed E-state index contributed by atoms with van der Waals surface area (Å²) in [6.45, 7) is 0.576. The minimum absolute atomic E-state index is 0.246. The molecule has 1 saturated carbocycles. The van der Waals surface area contributed by atoms with E-state index in [1.165, 1.54) is 6.07 Å². The molecule has 1 aliphatic carbocycles. The standard InChI is InChI=1S/C21H20FN7/c22-15-3-1-10-24-19(15)21(8-2-9-21)12-25-18-7-6-16(26-28-18)13-4-5-17-14(11-13)20(23)29-27-17/h1,3-7,10-11H,2,8-9,12H2,(H,25,28)(H3,23,27,29). The lowest BCUT2D eigenvalue weighted by Gasteiger charge is -2.41. The number of aromatic nitrogens is 5. The van der Waals surface area contributed by atoms with Crippen LogP contribution >= 0.6 is 0 Å². The van der Waals surface area contributed by atoms with Crippen LogP contribution in [-0.4, -0.2) is 31.9 Å². The van der Waals surface area contributed by atoms with E-state index >= 15 is 0 Å².